The van der Waals surface area contributed by atoms with Crippen molar-refractivity contribution in [3.63, 3.8) is 0 Å². The Hall–Kier alpha value is -3.13. The Labute approximate surface area is 215 Å². The summed E-state index contributed by atoms with van der Waals surface area (Å²) >= 11 is 0. The number of rotatable bonds is 9. The van der Waals surface area contributed by atoms with Gasteiger partial charge in [-0.1, -0.05) is 62.4 Å². The van der Waals surface area contributed by atoms with Crippen LogP contribution in [0.4, 0.5) is 13.2 Å². The van der Waals surface area contributed by atoms with Gasteiger partial charge in [-0.25, -0.2) is 4.68 Å². The Bertz CT molecular complexity index is 1200. The van der Waals surface area contributed by atoms with Crippen molar-refractivity contribution in [3.05, 3.63) is 83.7 Å². The molecule has 0 radical (unpaired) electrons. The maximum absolute atomic E-state index is 13.7. The van der Waals surface area contributed by atoms with Crippen molar-refractivity contribution in [2.75, 3.05) is 19.6 Å². The number of amides is 1. The number of piperidine rings is 1. The molecule has 1 N–H and O–H groups in total. The molecule has 37 heavy (non-hydrogen) atoms. The van der Waals surface area contributed by atoms with E-state index in [0.717, 1.165) is 23.5 Å². The summed E-state index contributed by atoms with van der Waals surface area (Å²) in [6.45, 7) is 5.66. The predicted octanol–water partition coefficient (Wildman–Crippen LogP) is 5.21. The number of likely N-dealkylation sites (tertiary alicyclic amines) is 1. The summed E-state index contributed by atoms with van der Waals surface area (Å²) in [7, 11) is 0. The second-order valence-corrected chi connectivity index (χ2v) is 10.8. The number of nitrogens with zero attached hydrogens (tertiary/aromatic N) is 3. The number of hydrogen-bond donors (Lipinski definition) is 1. The van der Waals surface area contributed by atoms with Gasteiger partial charge < -0.3 is 10.2 Å². The summed E-state index contributed by atoms with van der Waals surface area (Å²) in [6, 6.07) is 20.1. The van der Waals surface area contributed by atoms with Crippen LogP contribution in [0, 0.1) is 23.7 Å². The first kappa shape index (κ1) is 25.5. The summed E-state index contributed by atoms with van der Waals surface area (Å²) < 4.78 is 43.2. The fraction of sp³-hybridized carbons (Fsp3) is 0.448. The minimum Gasteiger partial charge on any atom is -0.350 e. The largest absolute Gasteiger partial charge is 0.396 e. The number of aromatic nitrogens is 2. The van der Waals surface area contributed by atoms with Gasteiger partial charge in [0.05, 0.1) is 23.8 Å². The van der Waals surface area contributed by atoms with Gasteiger partial charge in [0.25, 0.3) is 0 Å². The molecule has 1 aromatic heterocycles. The summed E-state index contributed by atoms with van der Waals surface area (Å²) in [5.74, 6) is -0.938. The van der Waals surface area contributed by atoms with Crippen LogP contribution in [0.2, 0.25) is 0 Å². The van der Waals surface area contributed by atoms with E-state index in [1.54, 1.807) is 18.2 Å². The highest BCUT2D eigenvalue weighted by Crippen LogP contribution is 2.52. The van der Waals surface area contributed by atoms with Crippen molar-refractivity contribution < 1.29 is 18.0 Å². The van der Waals surface area contributed by atoms with Crippen LogP contribution < -0.4 is 5.32 Å². The van der Waals surface area contributed by atoms with Gasteiger partial charge in [-0.05, 0) is 47.9 Å². The van der Waals surface area contributed by atoms with Crippen LogP contribution in [-0.2, 0) is 17.8 Å². The topological polar surface area (TPSA) is 50.2 Å². The van der Waals surface area contributed by atoms with Crippen molar-refractivity contribution in [2.24, 2.45) is 23.7 Å². The number of alkyl halides is 3. The van der Waals surface area contributed by atoms with E-state index in [1.165, 1.54) is 12.1 Å². The third kappa shape index (κ3) is 5.74. The zero-order valence-corrected chi connectivity index (χ0v) is 21.2. The molecular weight excluding hydrogens is 477 g/mol. The number of carbonyl (C=O) groups is 1. The van der Waals surface area contributed by atoms with E-state index in [1.807, 2.05) is 46.0 Å². The number of para-hydroxylation sites is 1. The van der Waals surface area contributed by atoms with Crippen molar-refractivity contribution >= 4 is 5.91 Å². The van der Waals surface area contributed by atoms with E-state index in [9.17, 15) is 18.0 Å². The molecule has 1 saturated heterocycles. The molecule has 8 heteroatoms. The van der Waals surface area contributed by atoms with Gasteiger partial charge in [0.1, 0.15) is 0 Å². The Kier molecular flexibility index (Phi) is 7.12. The number of nitrogens with one attached hydrogen (secondary N) is 1. The third-order valence-corrected chi connectivity index (χ3v) is 7.51. The van der Waals surface area contributed by atoms with Crippen LogP contribution in [0.1, 0.15) is 36.7 Å². The Morgan fingerprint density at radius 2 is 1.65 bits per heavy atom. The van der Waals surface area contributed by atoms with Crippen LogP contribution in [-0.4, -0.2) is 46.4 Å². The van der Waals surface area contributed by atoms with E-state index in [-0.39, 0.29) is 35.8 Å². The second-order valence-electron chi connectivity index (χ2n) is 10.8. The average Bonchev–Trinajstić information content (AvgIpc) is 3.17. The van der Waals surface area contributed by atoms with E-state index >= 15 is 0 Å². The quantitative estimate of drug-likeness (QED) is 0.430. The first-order chi connectivity index (χ1) is 17.7. The average molecular weight is 511 g/mol. The predicted molar refractivity (Wildman–Crippen MR) is 136 cm³/mol. The number of fused-ring (bicyclic) bond motifs is 1. The summed E-state index contributed by atoms with van der Waals surface area (Å²) in [6.07, 6.45) is -3.43. The van der Waals surface area contributed by atoms with Crippen molar-refractivity contribution in [1.82, 2.24) is 20.0 Å². The van der Waals surface area contributed by atoms with Crippen LogP contribution >= 0.6 is 0 Å². The van der Waals surface area contributed by atoms with Gasteiger partial charge in [0, 0.05) is 31.2 Å². The van der Waals surface area contributed by atoms with Crippen LogP contribution in [0.3, 0.4) is 0 Å². The lowest BCUT2D eigenvalue weighted by Crippen LogP contribution is -2.37. The highest BCUT2D eigenvalue weighted by molar-refractivity contribution is 5.82. The molecule has 2 aromatic carbocycles. The van der Waals surface area contributed by atoms with E-state index in [0.29, 0.717) is 25.6 Å². The molecule has 2 fully saturated rings. The van der Waals surface area contributed by atoms with Gasteiger partial charge >= 0.3 is 6.18 Å². The van der Waals surface area contributed by atoms with E-state index in [2.05, 4.69) is 19.2 Å². The molecule has 2 heterocycles. The maximum Gasteiger partial charge on any atom is 0.396 e. The van der Waals surface area contributed by atoms with E-state index in [4.69, 9.17) is 5.10 Å². The first-order valence-corrected chi connectivity index (χ1v) is 13.0. The molecule has 196 valence electrons. The minimum atomic E-state index is -4.30. The van der Waals surface area contributed by atoms with Gasteiger partial charge in [-0.15, -0.1) is 0 Å². The highest BCUT2D eigenvalue weighted by Gasteiger charge is 2.59. The molecule has 1 amide bonds. The van der Waals surface area contributed by atoms with Crippen LogP contribution in [0.5, 0.6) is 0 Å². The molecule has 2 aliphatic rings. The molecule has 1 aliphatic carbocycles. The van der Waals surface area contributed by atoms with Gasteiger partial charge in [-0.2, -0.15) is 18.3 Å². The molecule has 3 unspecified atom stereocenters. The molecule has 5 nitrogen and oxygen atoms in total. The van der Waals surface area contributed by atoms with Gasteiger partial charge in [0.15, 0.2) is 0 Å². The lowest BCUT2D eigenvalue weighted by molar-refractivity contribution is -0.154. The standard InChI is InChI=1S/C29H33F3N4O/c1-19(2)13-23-14-21(34-36(23)22-11-7-4-8-12-22)15-33-28(37)27-24-16-35(17-25(24)27)18-26(29(30,31)32)20-9-5-3-6-10-20/h3-12,14,19,24-27H,13,15-18H2,1-2H3,(H,33,37). The lowest BCUT2D eigenvalue weighted by atomic mass is 9.97. The maximum atomic E-state index is 13.7. The molecule has 0 spiro atoms. The smallest absolute Gasteiger partial charge is 0.350 e. The van der Waals surface area contributed by atoms with Crippen molar-refractivity contribution in [3.8, 4) is 5.69 Å². The Balaban J connectivity index is 1.16. The van der Waals surface area contributed by atoms with Crippen LogP contribution in [0.25, 0.3) is 5.69 Å². The zero-order valence-electron chi connectivity index (χ0n) is 21.2. The fourth-order valence-electron chi connectivity index (χ4n) is 5.71. The molecule has 1 saturated carbocycles. The Morgan fingerprint density at radius 3 is 2.24 bits per heavy atom. The lowest BCUT2D eigenvalue weighted by Gasteiger charge is -2.27. The van der Waals surface area contributed by atoms with Crippen LogP contribution in [0.15, 0.2) is 66.7 Å². The molecule has 5 rings (SSSR count). The summed E-state index contributed by atoms with van der Waals surface area (Å²) in [5.41, 5.74) is 3.18. The molecule has 3 atom stereocenters. The molecule has 1 aliphatic heterocycles. The third-order valence-electron chi connectivity index (χ3n) is 7.51. The fourth-order valence-corrected chi connectivity index (χ4v) is 5.71. The monoisotopic (exact) mass is 510 g/mol. The normalized spacial score (nSPS) is 22.2. The summed E-state index contributed by atoms with van der Waals surface area (Å²) in [4.78, 5) is 14.8. The minimum absolute atomic E-state index is 0.0234. The number of hydrogen-bond acceptors (Lipinski definition) is 3. The zero-order chi connectivity index (χ0) is 26.2. The van der Waals surface area contributed by atoms with Crippen molar-refractivity contribution in [1.29, 1.82) is 0 Å². The Morgan fingerprint density at radius 1 is 1.03 bits per heavy atom. The SMILES string of the molecule is CC(C)Cc1cc(CNC(=O)C2C3CN(CC(c4ccccc4)C(F)(F)F)CC32)nn1-c1ccccc1. The molecule has 0 bridgehead atoms. The molecular formula is C29H33F3N4O. The second kappa shape index (κ2) is 10.3. The molecule has 3 aromatic rings. The van der Waals surface area contributed by atoms with Crippen molar-refractivity contribution in [2.45, 2.75) is 38.9 Å². The van der Waals surface area contributed by atoms with Gasteiger partial charge in [0.2, 0.25) is 5.91 Å². The number of carbonyl (C=O) groups excluding carboxylic acids is 1. The van der Waals surface area contributed by atoms with E-state index < -0.39 is 12.1 Å². The summed E-state index contributed by atoms with van der Waals surface area (Å²) in [5, 5.41) is 7.77. The number of benzene rings is 2. The van der Waals surface area contributed by atoms with Gasteiger partial charge in [-0.3, -0.25) is 4.79 Å². The first-order valence-electron chi connectivity index (χ1n) is 13.0. The number of halogens is 3. The highest BCUT2D eigenvalue weighted by atomic mass is 19.4.